The van der Waals surface area contributed by atoms with Crippen LogP contribution in [0.2, 0.25) is 5.02 Å². The third-order valence-electron chi connectivity index (χ3n) is 4.72. The van der Waals surface area contributed by atoms with Gasteiger partial charge in [-0.1, -0.05) is 11.6 Å². The first-order chi connectivity index (χ1) is 15.8. The maximum Gasteiger partial charge on any atom is 0.264 e. The summed E-state index contributed by atoms with van der Waals surface area (Å²) in [5, 5.41) is 3.13. The number of carbonyl (C=O) groups excluding carboxylic acids is 1. The fourth-order valence-electron chi connectivity index (χ4n) is 3.04. The largest absolute Gasteiger partial charge is 0.497 e. The fraction of sp³-hybridized carbons (Fsp3) is 0.174. The van der Waals surface area contributed by atoms with Crippen molar-refractivity contribution < 1.29 is 27.4 Å². The number of nitrogens with one attached hydrogen (secondary N) is 1. The molecular formula is C23H23ClN2O6S. The van der Waals surface area contributed by atoms with E-state index in [1.54, 1.807) is 30.3 Å². The minimum absolute atomic E-state index is 0.0113. The second-order valence-electron chi connectivity index (χ2n) is 6.78. The highest BCUT2D eigenvalue weighted by atomic mass is 35.5. The molecule has 0 aromatic heterocycles. The van der Waals surface area contributed by atoms with Crippen molar-refractivity contribution in [2.75, 3.05) is 37.5 Å². The molecule has 3 aromatic carbocycles. The summed E-state index contributed by atoms with van der Waals surface area (Å²) in [6.45, 7) is -0.468. The second kappa shape index (κ2) is 10.5. The third-order valence-corrected chi connectivity index (χ3v) is 6.76. The number of benzene rings is 3. The lowest BCUT2D eigenvalue weighted by atomic mass is 10.2. The maximum absolute atomic E-state index is 13.4. The molecule has 0 saturated heterocycles. The number of amides is 1. The van der Waals surface area contributed by atoms with Gasteiger partial charge in [-0.15, -0.1) is 0 Å². The van der Waals surface area contributed by atoms with Gasteiger partial charge in [0.15, 0.2) is 11.5 Å². The van der Waals surface area contributed by atoms with Crippen LogP contribution < -0.4 is 23.8 Å². The Morgan fingerprint density at radius 3 is 2.09 bits per heavy atom. The number of halogens is 1. The molecule has 0 heterocycles. The summed E-state index contributed by atoms with van der Waals surface area (Å²) < 4.78 is 43.4. The van der Waals surface area contributed by atoms with Gasteiger partial charge in [-0.05, 0) is 60.7 Å². The molecule has 1 N–H and O–H groups in total. The molecule has 3 rings (SSSR count). The van der Waals surface area contributed by atoms with E-state index in [9.17, 15) is 13.2 Å². The third kappa shape index (κ3) is 5.68. The molecule has 3 aromatic rings. The van der Waals surface area contributed by atoms with Crippen molar-refractivity contribution >= 4 is 38.9 Å². The first-order valence-corrected chi connectivity index (χ1v) is 11.5. The number of carbonyl (C=O) groups is 1. The van der Waals surface area contributed by atoms with Crippen LogP contribution in [0.3, 0.4) is 0 Å². The van der Waals surface area contributed by atoms with Gasteiger partial charge in [0.05, 0.1) is 31.9 Å². The molecule has 0 unspecified atom stereocenters. The molecule has 0 atom stereocenters. The average molecular weight is 491 g/mol. The Morgan fingerprint density at radius 2 is 1.52 bits per heavy atom. The van der Waals surface area contributed by atoms with Crippen molar-refractivity contribution in [1.82, 2.24) is 0 Å². The van der Waals surface area contributed by atoms with E-state index < -0.39 is 22.5 Å². The molecule has 8 nitrogen and oxygen atoms in total. The number of rotatable bonds is 9. The number of sulfonamides is 1. The number of ether oxygens (including phenoxy) is 3. The van der Waals surface area contributed by atoms with E-state index in [1.807, 2.05) is 0 Å². The molecule has 0 radical (unpaired) electrons. The number of nitrogens with zero attached hydrogens (tertiary/aromatic N) is 1. The van der Waals surface area contributed by atoms with Gasteiger partial charge in [-0.25, -0.2) is 8.42 Å². The van der Waals surface area contributed by atoms with E-state index in [4.69, 9.17) is 25.8 Å². The normalized spacial score (nSPS) is 10.9. The summed E-state index contributed by atoms with van der Waals surface area (Å²) in [6.07, 6.45) is 0. The minimum Gasteiger partial charge on any atom is -0.497 e. The Kier molecular flexibility index (Phi) is 7.67. The quantitative estimate of drug-likeness (QED) is 0.483. The summed E-state index contributed by atoms with van der Waals surface area (Å²) in [6, 6.07) is 16.9. The smallest absolute Gasteiger partial charge is 0.264 e. The van der Waals surface area contributed by atoms with E-state index in [0.29, 0.717) is 28.0 Å². The monoisotopic (exact) mass is 490 g/mol. The topological polar surface area (TPSA) is 94.2 Å². The summed E-state index contributed by atoms with van der Waals surface area (Å²) >= 11 is 5.96. The zero-order valence-electron chi connectivity index (χ0n) is 18.2. The lowest BCUT2D eigenvalue weighted by Gasteiger charge is -2.24. The lowest BCUT2D eigenvalue weighted by molar-refractivity contribution is -0.114. The Morgan fingerprint density at radius 1 is 0.879 bits per heavy atom. The second-order valence-corrected chi connectivity index (χ2v) is 9.08. The molecule has 33 heavy (non-hydrogen) atoms. The first-order valence-electron chi connectivity index (χ1n) is 9.72. The lowest BCUT2D eigenvalue weighted by Crippen LogP contribution is -2.38. The van der Waals surface area contributed by atoms with E-state index >= 15 is 0 Å². The van der Waals surface area contributed by atoms with Gasteiger partial charge in [-0.3, -0.25) is 9.10 Å². The fourth-order valence-corrected chi connectivity index (χ4v) is 4.59. The molecule has 0 aliphatic heterocycles. The van der Waals surface area contributed by atoms with Crippen LogP contribution in [0.25, 0.3) is 0 Å². The minimum atomic E-state index is -4.07. The van der Waals surface area contributed by atoms with Crippen molar-refractivity contribution in [3.8, 4) is 17.2 Å². The molecule has 0 aliphatic carbocycles. The highest BCUT2D eigenvalue weighted by Gasteiger charge is 2.27. The van der Waals surface area contributed by atoms with Crippen molar-refractivity contribution in [2.24, 2.45) is 0 Å². The van der Waals surface area contributed by atoms with Crippen LogP contribution in [-0.4, -0.2) is 42.2 Å². The van der Waals surface area contributed by atoms with Crippen LogP contribution in [-0.2, 0) is 14.8 Å². The zero-order valence-corrected chi connectivity index (χ0v) is 19.8. The molecular weight excluding hydrogens is 468 g/mol. The SMILES string of the molecule is COc1ccc(S(=O)(=O)N(CC(=O)Nc2ccc(OC)c(OC)c2)c2ccc(Cl)cc2)cc1. The average Bonchev–Trinajstić information content (AvgIpc) is 2.83. The van der Waals surface area contributed by atoms with E-state index in [0.717, 1.165) is 4.31 Å². The van der Waals surface area contributed by atoms with Crippen LogP contribution in [0, 0.1) is 0 Å². The van der Waals surface area contributed by atoms with Crippen molar-refractivity contribution in [2.45, 2.75) is 4.90 Å². The Labute approximate surface area is 197 Å². The van der Waals surface area contributed by atoms with Crippen molar-refractivity contribution in [1.29, 1.82) is 0 Å². The van der Waals surface area contributed by atoms with Crippen LogP contribution in [0.15, 0.2) is 71.6 Å². The van der Waals surface area contributed by atoms with Crippen molar-refractivity contribution in [3.05, 3.63) is 71.8 Å². The molecule has 0 fully saturated rings. The first kappa shape index (κ1) is 24.2. The van der Waals surface area contributed by atoms with Gasteiger partial charge in [0.1, 0.15) is 12.3 Å². The van der Waals surface area contributed by atoms with Crippen molar-refractivity contribution in [3.63, 3.8) is 0 Å². The Balaban J connectivity index is 1.91. The predicted molar refractivity (Wildman–Crippen MR) is 127 cm³/mol. The van der Waals surface area contributed by atoms with Crippen LogP contribution in [0.5, 0.6) is 17.2 Å². The van der Waals surface area contributed by atoms with Gasteiger partial charge in [0, 0.05) is 16.8 Å². The molecule has 10 heteroatoms. The molecule has 174 valence electrons. The number of hydrogen-bond acceptors (Lipinski definition) is 6. The maximum atomic E-state index is 13.4. The molecule has 0 spiro atoms. The van der Waals surface area contributed by atoms with E-state index in [-0.39, 0.29) is 10.6 Å². The predicted octanol–water partition coefficient (Wildman–Crippen LogP) is 4.20. The highest BCUT2D eigenvalue weighted by molar-refractivity contribution is 7.92. The van der Waals surface area contributed by atoms with E-state index in [2.05, 4.69) is 5.32 Å². The Hall–Kier alpha value is -3.43. The molecule has 0 saturated carbocycles. The van der Waals surface area contributed by atoms with Gasteiger partial charge in [0.25, 0.3) is 10.0 Å². The van der Waals surface area contributed by atoms with Gasteiger partial charge >= 0.3 is 0 Å². The van der Waals surface area contributed by atoms with Gasteiger partial charge < -0.3 is 19.5 Å². The summed E-state index contributed by atoms with van der Waals surface area (Å²) in [7, 11) is 0.398. The number of hydrogen-bond donors (Lipinski definition) is 1. The van der Waals surface area contributed by atoms with Crippen LogP contribution >= 0.6 is 11.6 Å². The summed E-state index contributed by atoms with van der Waals surface area (Å²) in [4.78, 5) is 12.9. The standard InChI is InChI=1S/C23H23ClN2O6S/c1-30-19-9-11-20(12-10-19)33(28,29)26(18-7-4-16(24)5-8-18)15-23(27)25-17-6-13-21(31-2)22(14-17)32-3/h4-14H,15H2,1-3H3,(H,25,27). The summed E-state index contributed by atoms with van der Waals surface area (Å²) in [5.74, 6) is 0.892. The zero-order chi connectivity index (χ0) is 24.0. The van der Waals surface area contributed by atoms with Gasteiger partial charge in [-0.2, -0.15) is 0 Å². The molecule has 0 bridgehead atoms. The number of anilines is 2. The van der Waals surface area contributed by atoms with Crippen LogP contribution in [0.1, 0.15) is 0 Å². The van der Waals surface area contributed by atoms with Gasteiger partial charge in [0.2, 0.25) is 5.91 Å². The number of methoxy groups -OCH3 is 3. The highest BCUT2D eigenvalue weighted by Crippen LogP contribution is 2.30. The molecule has 1 amide bonds. The molecule has 0 aliphatic rings. The van der Waals surface area contributed by atoms with Crippen LogP contribution in [0.4, 0.5) is 11.4 Å². The Bertz CT molecular complexity index is 1210. The van der Waals surface area contributed by atoms with E-state index in [1.165, 1.54) is 57.7 Å². The summed E-state index contributed by atoms with van der Waals surface area (Å²) in [5.41, 5.74) is 0.716.